The SMILES string of the molecule is COc1cc2c(cc1OC)C(c1ccccc1)N(C(=O)CSCc1c(C)noc1C)CC2. The maximum atomic E-state index is 13.4. The van der Waals surface area contributed by atoms with E-state index < -0.39 is 0 Å². The summed E-state index contributed by atoms with van der Waals surface area (Å²) in [5.41, 5.74) is 5.32. The molecule has 0 saturated carbocycles. The zero-order chi connectivity index (χ0) is 22.7. The third kappa shape index (κ3) is 4.35. The predicted molar refractivity (Wildman–Crippen MR) is 125 cm³/mol. The summed E-state index contributed by atoms with van der Waals surface area (Å²) in [4.78, 5) is 15.4. The van der Waals surface area contributed by atoms with Crippen LogP contribution in [-0.2, 0) is 17.0 Å². The topological polar surface area (TPSA) is 64.8 Å². The largest absolute Gasteiger partial charge is 0.493 e. The molecule has 2 aromatic carbocycles. The second-order valence-electron chi connectivity index (χ2n) is 7.85. The highest BCUT2D eigenvalue weighted by atomic mass is 32.2. The van der Waals surface area contributed by atoms with Gasteiger partial charge in [0.25, 0.3) is 0 Å². The maximum Gasteiger partial charge on any atom is 0.233 e. The molecule has 1 amide bonds. The van der Waals surface area contributed by atoms with Crippen LogP contribution in [0.25, 0.3) is 0 Å². The van der Waals surface area contributed by atoms with Crippen molar-refractivity contribution in [3.8, 4) is 11.5 Å². The van der Waals surface area contributed by atoms with Crippen LogP contribution < -0.4 is 9.47 Å². The minimum Gasteiger partial charge on any atom is -0.493 e. The van der Waals surface area contributed by atoms with Crippen LogP contribution >= 0.6 is 11.8 Å². The number of benzene rings is 2. The fourth-order valence-electron chi connectivity index (χ4n) is 4.24. The molecule has 32 heavy (non-hydrogen) atoms. The van der Waals surface area contributed by atoms with Gasteiger partial charge in [-0.3, -0.25) is 4.79 Å². The summed E-state index contributed by atoms with van der Waals surface area (Å²) < 4.78 is 16.3. The van der Waals surface area contributed by atoms with Crippen molar-refractivity contribution in [2.75, 3.05) is 26.5 Å². The zero-order valence-electron chi connectivity index (χ0n) is 18.9. The van der Waals surface area contributed by atoms with Gasteiger partial charge in [-0.25, -0.2) is 0 Å². The van der Waals surface area contributed by atoms with Crippen molar-refractivity contribution in [3.05, 3.63) is 76.2 Å². The molecule has 0 fully saturated rings. The lowest BCUT2D eigenvalue weighted by atomic mass is 9.87. The van der Waals surface area contributed by atoms with E-state index in [1.54, 1.807) is 26.0 Å². The second-order valence-corrected chi connectivity index (χ2v) is 8.84. The molecule has 0 saturated heterocycles. The van der Waals surface area contributed by atoms with E-state index in [9.17, 15) is 4.79 Å². The molecular formula is C25H28N2O4S. The van der Waals surface area contributed by atoms with Crippen LogP contribution in [0.2, 0.25) is 0 Å². The Kier molecular flexibility index (Phi) is 6.74. The molecule has 0 radical (unpaired) electrons. The fraction of sp³-hybridized carbons (Fsp3) is 0.360. The first-order valence-corrected chi connectivity index (χ1v) is 11.8. The summed E-state index contributed by atoms with van der Waals surface area (Å²) in [5, 5.41) is 4.01. The molecule has 1 atom stereocenters. The number of aryl methyl sites for hydroxylation is 2. The van der Waals surface area contributed by atoms with E-state index in [-0.39, 0.29) is 11.9 Å². The molecule has 0 spiro atoms. The summed E-state index contributed by atoms with van der Waals surface area (Å²) in [6.07, 6.45) is 0.777. The number of thioether (sulfide) groups is 1. The molecule has 0 aliphatic carbocycles. The third-order valence-corrected chi connectivity index (χ3v) is 6.91. The first kappa shape index (κ1) is 22.3. The molecule has 6 nitrogen and oxygen atoms in total. The van der Waals surface area contributed by atoms with Crippen molar-refractivity contribution < 1.29 is 18.8 Å². The van der Waals surface area contributed by atoms with Crippen molar-refractivity contribution in [1.29, 1.82) is 0 Å². The highest BCUT2D eigenvalue weighted by Gasteiger charge is 2.33. The number of nitrogens with zero attached hydrogens (tertiary/aromatic N) is 2. The predicted octanol–water partition coefficient (Wildman–Crippen LogP) is 4.72. The van der Waals surface area contributed by atoms with Crippen LogP contribution in [0.4, 0.5) is 0 Å². The lowest BCUT2D eigenvalue weighted by molar-refractivity contribution is -0.130. The van der Waals surface area contributed by atoms with E-state index >= 15 is 0 Å². The van der Waals surface area contributed by atoms with Gasteiger partial charge in [0.1, 0.15) is 5.76 Å². The number of methoxy groups -OCH3 is 2. The van der Waals surface area contributed by atoms with Crippen LogP contribution in [-0.4, -0.2) is 42.5 Å². The first-order chi connectivity index (χ1) is 15.5. The number of ether oxygens (including phenoxy) is 2. The van der Waals surface area contributed by atoms with E-state index in [0.717, 1.165) is 34.6 Å². The first-order valence-electron chi connectivity index (χ1n) is 10.6. The van der Waals surface area contributed by atoms with Crippen molar-refractivity contribution in [2.24, 2.45) is 0 Å². The molecule has 1 aliphatic rings. The number of carbonyl (C=O) groups is 1. The smallest absolute Gasteiger partial charge is 0.233 e. The van der Waals surface area contributed by atoms with E-state index in [1.807, 2.05) is 49.1 Å². The van der Waals surface area contributed by atoms with Gasteiger partial charge in [-0.2, -0.15) is 0 Å². The molecule has 1 unspecified atom stereocenters. The minimum atomic E-state index is -0.160. The van der Waals surface area contributed by atoms with Gasteiger partial charge in [-0.15, -0.1) is 11.8 Å². The molecule has 0 N–H and O–H groups in total. The molecule has 0 bridgehead atoms. The Labute approximate surface area is 192 Å². The van der Waals surface area contributed by atoms with Gasteiger partial charge in [0.15, 0.2) is 11.5 Å². The minimum absolute atomic E-state index is 0.121. The van der Waals surface area contributed by atoms with Crippen LogP contribution in [0.5, 0.6) is 11.5 Å². The van der Waals surface area contributed by atoms with E-state index in [2.05, 4.69) is 17.3 Å². The number of hydrogen-bond donors (Lipinski definition) is 0. The van der Waals surface area contributed by atoms with Crippen LogP contribution in [0.1, 0.15) is 39.7 Å². The number of aromatic nitrogens is 1. The van der Waals surface area contributed by atoms with Gasteiger partial charge in [0.2, 0.25) is 5.91 Å². The van der Waals surface area contributed by atoms with Crippen LogP contribution in [0.3, 0.4) is 0 Å². The quantitative estimate of drug-likeness (QED) is 0.517. The summed E-state index contributed by atoms with van der Waals surface area (Å²) in [5.74, 6) is 3.43. The monoisotopic (exact) mass is 452 g/mol. The van der Waals surface area contributed by atoms with Gasteiger partial charge in [0.05, 0.1) is 31.7 Å². The lowest BCUT2D eigenvalue weighted by Crippen LogP contribution is -2.41. The van der Waals surface area contributed by atoms with Gasteiger partial charge in [0, 0.05) is 17.9 Å². The number of fused-ring (bicyclic) bond motifs is 1. The Hall–Kier alpha value is -2.93. The van der Waals surface area contributed by atoms with Crippen molar-refractivity contribution >= 4 is 17.7 Å². The highest BCUT2D eigenvalue weighted by Crippen LogP contribution is 2.41. The maximum absolute atomic E-state index is 13.4. The highest BCUT2D eigenvalue weighted by molar-refractivity contribution is 7.99. The van der Waals surface area contributed by atoms with Gasteiger partial charge >= 0.3 is 0 Å². The van der Waals surface area contributed by atoms with Crippen molar-refractivity contribution in [2.45, 2.75) is 32.1 Å². The Morgan fingerprint density at radius 2 is 1.88 bits per heavy atom. The average Bonchev–Trinajstić information content (AvgIpc) is 3.14. The van der Waals surface area contributed by atoms with Gasteiger partial charge in [-0.1, -0.05) is 35.5 Å². The number of carbonyl (C=O) groups excluding carboxylic acids is 1. The van der Waals surface area contributed by atoms with Crippen LogP contribution in [0, 0.1) is 13.8 Å². The molecule has 1 aromatic heterocycles. The molecule has 3 aromatic rings. The number of rotatable bonds is 7. The molecule has 7 heteroatoms. The summed E-state index contributed by atoms with van der Waals surface area (Å²) in [7, 11) is 3.28. The van der Waals surface area contributed by atoms with E-state index in [1.165, 1.54) is 5.56 Å². The molecule has 4 rings (SSSR count). The van der Waals surface area contributed by atoms with Crippen molar-refractivity contribution in [1.82, 2.24) is 10.1 Å². The van der Waals surface area contributed by atoms with E-state index in [4.69, 9.17) is 14.0 Å². The lowest BCUT2D eigenvalue weighted by Gasteiger charge is -2.38. The molecule has 168 valence electrons. The molecule has 1 aliphatic heterocycles. The number of amides is 1. The van der Waals surface area contributed by atoms with E-state index in [0.29, 0.717) is 29.5 Å². The number of hydrogen-bond acceptors (Lipinski definition) is 6. The third-order valence-electron chi connectivity index (χ3n) is 5.96. The molecule has 2 heterocycles. The Bertz CT molecular complexity index is 1080. The standard InChI is InChI=1S/C25H28N2O4S/c1-16-21(17(2)31-26-16)14-32-15-24(28)27-11-10-19-12-22(29-3)23(30-4)13-20(19)25(27)18-8-6-5-7-9-18/h5-9,12-13,25H,10-11,14-15H2,1-4H3. The van der Waals surface area contributed by atoms with Gasteiger partial charge < -0.3 is 18.9 Å². The van der Waals surface area contributed by atoms with Crippen molar-refractivity contribution in [3.63, 3.8) is 0 Å². The normalized spacial score (nSPS) is 15.4. The Morgan fingerprint density at radius 3 is 2.53 bits per heavy atom. The summed E-state index contributed by atoms with van der Waals surface area (Å²) >= 11 is 1.60. The molecular weight excluding hydrogens is 424 g/mol. The summed E-state index contributed by atoms with van der Waals surface area (Å²) in [6, 6.07) is 14.1. The average molecular weight is 453 g/mol. The zero-order valence-corrected chi connectivity index (χ0v) is 19.7. The Morgan fingerprint density at radius 1 is 1.16 bits per heavy atom. The summed E-state index contributed by atoms with van der Waals surface area (Å²) in [6.45, 7) is 4.50. The Balaban J connectivity index is 1.61. The van der Waals surface area contributed by atoms with Crippen LogP contribution in [0.15, 0.2) is 47.0 Å². The second kappa shape index (κ2) is 9.69. The fourth-order valence-corrected chi connectivity index (χ4v) is 5.30. The van der Waals surface area contributed by atoms with Gasteiger partial charge in [-0.05, 0) is 49.1 Å².